The summed E-state index contributed by atoms with van der Waals surface area (Å²) in [6.07, 6.45) is 6.09. The molecule has 3 aliphatic rings. The molecule has 0 aliphatic heterocycles. The number of aromatic hydroxyl groups is 1. The second-order valence-corrected chi connectivity index (χ2v) is 8.15. The molecule has 1 aromatic rings. The van der Waals surface area contributed by atoms with Crippen LogP contribution in [-0.4, -0.2) is 24.2 Å². The molecular weight excluding hydrogens is 271 g/mol. The smallest absolute Gasteiger partial charge is 0.118 e. The molecule has 3 heteroatoms. The Labute approximate surface area is 133 Å². The molecule has 0 saturated heterocycles. The fourth-order valence-corrected chi connectivity index (χ4v) is 5.51. The van der Waals surface area contributed by atoms with Crippen LogP contribution in [0, 0.1) is 6.92 Å². The molecule has 0 amide bonds. The quantitative estimate of drug-likeness (QED) is 0.571. The Morgan fingerprint density at radius 2 is 1.95 bits per heavy atom. The first-order valence-electron chi connectivity index (χ1n) is 8.58. The molecule has 3 atom stereocenters. The van der Waals surface area contributed by atoms with Gasteiger partial charge in [0.15, 0.2) is 0 Å². The first kappa shape index (κ1) is 14.4. The van der Waals surface area contributed by atoms with Crippen LogP contribution in [0.1, 0.15) is 55.7 Å². The Hall–Kier alpha value is -1.22. The number of benzene rings is 1. The second kappa shape index (κ2) is 4.41. The third kappa shape index (κ3) is 1.72. The largest absolute Gasteiger partial charge is 0.508 e. The first-order valence-corrected chi connectivity index (χ1v) is 8.58. The van der Waals surface area contributed by atoms with Crippen LogP contribution in [0.3, 0.4) is 0 Å². The summed E-state index contributed by atoms with van der Waals surface area (Å²) in [6.45, 7) is 4.43. The molecule has 0 aromatic heterocycles. The zero-order chi connectivity index (χ0) is 15.7. The normalized spacial score (nSPS) is 36.8. The van der Waals surface area contributed by atoms with E-state index in [1.165, 1.54) is 17.5 Å². The molecule has 3 aliphatic carbocycles. The molecule has 1 fully saturated rings. The van der Waals surface area contributed by atoms with Crippen LogP contribution >= 0.6 is 0 Å². The maximum Gasteiger partial charge on any atom is 0.118 e. The predicted octanol–water partition coefficient (Wildman–Crippen LogP) is 2.94. The average molecular weight is 296 g/mol. The van der Waals surface area contributed by atoms with E-state index in [1.54, 1.807) is 11.1 Å². The van der Waals surface area contributed by atoms with E-state index in [9.17, 15) is 10.2 Å². The number of aliphatic hydroxyl groups excluding tert-OH is 1. The third-order valence-corrected chi connectivity index (χ3v) is 6.85. The van der Waals surface area contributed by atoms with Crippen molar-refractivity contribution in [1.82, 2.24) is 0 Å². The molecule has 116 valence electrons. The van der Waals surface area contributed by atoms with Gasteiger partial charge in [-0.3, -0.25) is 0 Å². The van der Waals surface area contributed by atoms with E-state index in [-0.39, 0.29) is 16.8 Å². The summed E-state index contributed by atoms with van der Waals surface area (Å²) in [5.41, 5.74) is 7.07. The number of aliphatic hydroxyl groups is 1. The molecule has 22 heavy (non-hydrogen) atoms. The van der Waals surface area contributed by atoms with Crippen molar-refractivity contribution in [2.24, 2.45) is 0 Å². The van der Waals surface area contributed by atoms with Crippen LogP contribution in [0.4, 0.5) is 0 Å². The van der Waals surface area contributed by atoms with Crippen LogP contribution in [0.25, 0.3) is 0 Å². The van der Waals surface area contributed by atoms with Crippen molar-refractivity contribution in [2.45, 2.75) is 69.2 Å². The van der Waals surface area contributed by atoms with Gasteiger partial charge in [0, 0.05) is 5.41 Å². The molecule has 0 bridgehead atoms. The summed E-state index contributed by atoms with van der Waals surface area (Å²) < 4.78 is 0. The minimum absolute atomic E-state index is 0.102. The molecule has 2 N–H and O–H groups in total. The van der Waals surface area contributed by atoms with Crippen molar-refractivity contribution in [1.29, 1.82) is 0 Å². The van der Waals surface area contributed by atoms with Gasteiger partial charge in [-0.15, -0.1) is 0 Å². The van der Waals surface area contributed by atoms with Gasteiger partial charge in [-0.05, 0) is 73.5 Å². The van der Waals surface area contributed by atoms with Crippen LogP contribution in [0.15, 0.2) is 23.3 Å². The van der Waals surface area contributed by atoms with Gasteiger partial charge in [0.05, 0.1) is 6.10 Å². The number of fused-ring (bicyclic) bond motifs is 4. The zero-order valence-corrected chi connectivity index (χ0v) is 13.9. The fraction of sp³-hybridized carbons (Fsp3) is 0.579. The van der Waals surface area contributed by atoms with Gasteiger partial charge in [-0.2, -0.15) is 0 Å². The van der Waals surface area contributed by atoms with E-state index < -0.39 is 0 Å². The summed E-state index contributed by atoms with van der Waals surface area (Å²) in [4.78, 5) is 0. The Morgan fingerprint density at radius 3 is 2.73 bits per heavy atom. The van der Waals surface area contributed by atoms with E-state index in [2.05, 4.69) is 20.8 Å². The lowest BCUT2D eigenvalue weighted by molar-refractivity contribution is 0.179. The summed E-state index contributed by atoms with van der Waals surface area (Å²) in [5, 5.41) is 20.5. The topological polar surface area (TPSA) is 40.5 Å². The SMILES string of the molecule is B[C@@]12CC[C@]3(C)C(=C1C[C@H](O)C2)CCc1c3ccc(O)c1C. The van der Waals surface area contributed by atoms with Gasteiger partial charge in [0.25, 0.3) is 0 Å². The van der Waals surface area contributed by atoms with Crippen LogP contribution in [-0.2, 0) is 11.8 Å². The third-order valence-electron chi connectivity index (χ3n) is 6.85. The highest BCUT2D eigenvalue weighted by Gasteiger charge is 2.50. The van der Waals surface area contributed by atoms with E-state index in [4.69, 9.17) is 0 Å². The highest BCUT2D eigenvalue weighted by molar-refractivity contribution is 6.18. The number of allylic oxidation sites excluding steroid dienone is 1. The molecule has 0 radical (unpaired) electrons. The van der Waals surface area contributed by atoms with Gasteiger partial charge in [-0.25, -0.2) is 0 Å². The fourth-order valence-electron chi connectivity index (χ4n) is 5.51. The van der Waals surface area contributed by atoms with Crippen molar-refractivity contribution in [3.63, 3.8) is 0 Å². The number of rotatable bonds is 0. The van der Waals surface area contributed by atoms with Crippen molar-refractivity contribution in [3.8, 4) is 5.75 Å². The van der Waals surface area contributed by atoms with Crippen molar-refractivity contribution in [2.75, 3.05) is 0 Å². The van der Waals surface area contributed by atoms with Gasteiger partial charge in [0.2, 0.25) is 0 Å². The summed E-state index contributed by atoms with van der Waals surface area (Å²) in [5.74, 6) is 0.426. The van der Waals surface area contributed by atoms with Gasteiger partial charge in [0.1, 0.15) is 13.6 Å². The van der Waals surface area contributed by atoms with Crippen molar-refractivity contribution in [3.05, 3.63) is 40.0 Å². The van der Waals surface area contributed by atoms with E-state index in [0.29, 0.717) is 5.75 Å². The molecule has 0 heterocycles. The van der Waals surface area contributed by atoms with Gasteiger partial charge < -0.3 is 10.2 Å². The highest BCUT2D eigenvalue weighted by atomic mass is 16.3. The lowest BCUT2D eigenvalue weighted by atomic mass is 9.50. The van der Waals surface area contributed by atoms with Crippen molar-refractivity contribution >= 4 is 7.85 Å². The molecular formula is C19H25BO2. The lowest BCUT2D eigenvalue weighted by Gasteiger charge is -2.48. The Balaban J connectivity index is 1.92. The molecule has 1 aromatic carbocycles. The minimum Gasteiger partial charge on any atom is -0.508 e. The summed E-state index contributed by atoms with van der Waals surface area (Å²) in [6, 6.07) is 4.01. The highest BCUT2D eigenvalue weighted by Crippen LogP contribution is 2.62. The molecule has 1 saturated carbocycles. The maximum atomic E-state index is 10.2. The maximum absolute atomic E-state index is 10.2. The Morgan fingerprint density at radius 1 is 1.18 bits per heavy atom. The molecule has 0 spiro atoms. The minimum atomic E-state index is -0.155. The number of phenols is 1. The molecule has 4 rings (SSSR count). The van der Waals surface area contributed by atoms with Crippen LogP contribution in [0.5, 0.6) is 5.75 Å². The standard InChI is InChI=1S/C19H25BO2/c1-11-13-3-4-15-16-9-12(21)10-19(16,20)8-7-18(15,2)14(13)5-6-17(11)22/h5-6,12,21-22H,3-4,7-10,20H2,1-2H3/t12-,18-,19+/m0/s1. The summed E-state index contributed by atoms with van der Waals surface area (Å²) >= 11 is 0. The van der Waals surface area contributed by atoms with E-state index >= 15 is 0 Å². The summed E-state index contributed by atoms with van der Waals surface area (Å²) in [7, 11) is 2.35. The molecule has 0 unspecified atom stereocenters. The number of hydrogen-bond acceptors (Lipinski definition) is 2. The number of phenolic OH excluding ortho intramolecular Hbond substituents is 1. The van der Waals surface area contributed by atoms with Crippen molar-refractivity contribution < 1.29 is 10.2 Å². The first-order chi connectivity index (χ1) is 10.3. The van der Waals surface area contributed by atoms with E-state index in [0.717, 1.165) is 37.7 Å². The lowest BCUT2D eigenvalue weighted by Crippen LogP contribution is -2.37. The van der Waals surface area contributed by atoms with Gasteiger partial charge in [-0.1, -0.05) is 24.1 Å². The predicted molar refractivity (Wildman–Crippen MR) is 91.3 cm³/mol. The molecule has 2 nitrogen and oxygen atoms in total. The Kier molecular flexibility index (Phi) is 2.88. The number of hydrogen-bond donors (Lipinski definition) is 2. The van der Waals surface area contributed by atoms with Crippen LogP contribution in [0.2, 0.25) is 5.31 Å². The second-order valence-electron chi connectivity index (χ2n) is 8.15. The Bertz CT molecular complexity index is 693. The zero-order valence-electron chi connectivity index (χ0n) is 13.9. The van der Waals surface area contributed by atoms with Gasteiger partial charge >= 0.3 is 0 Å². The van der Waals surface area contributed by atoms with Crippen LogP contribution < -0.4 is 0 Å². The monoisotopic (exact) mass is 296 g/mol. The van der Waals surface area contributed by atoms with E-state index in [1.807, 2.05) is 13.0 Å². The average Bonchev–Trinajstić information content (AvgIpc) is 2.77.